The Hall–Kier alpha value is -2.42. The minimum absolute atomic E-state index is 0.00849. The van der Waals surface area contributed by atoms with E-state index in [1.54, 1.807) is 24.3 Å². The van der Waals surface area contributed by atoms with Crippen molar-refractivity contribution < 1.29 is 14.3 Å². The molecule has 168 valence electrons. The van der Waals surface area contributed by atoms with Gasteiger partial charge in [-0.15, -0.1) is 0 Å². The molecule has 0 aliphatic rings. The van der Waals surface area contributed by atoms with Crippen molar-refractivity contribution in [2.75, 3.05) is 13.7 Å². The molecule has 2 aromatic carbocycles. The summed E-state index contributed by atoms with van der Waals surface area (Å²) in [6.45, 7) is 3.68. The first-order valence-electron chi connectivity index (χ1n) is 9.70. The van der Waals surface area contributed by atoms with Crippen LogP contribution in [0.4, 0.5) is 0 Å². The molecule has 0 aliphatic heterocycles. The van der Waals surface area contributed by atoms with Gasteiger partial charge in [0.2, 0.25) is 0 Å². The number of fused-ring (bicyclic) bond motifs is 1. The molecule has 10 heteroatoms. The Labute approximate surface area is 203 Å². The van der Waals surface area contributed by atoms with E-state index in [4.69, 9.17) is 27.9 Å². The second-order valence-electron chi connectivity index (χ2n) is 6.98. The van der Waals surface area contributed by atoms with Gasteiger partial charge >= 0.3 is 5.97 Å². The lowest BCUT2D eigenvalue weighted by atomic mass is 10.1. The number of hydrogen-bond acceptors (Lipinski definition) is 6. The Kier molecular flexibility index (Phi) is 7.92. The molecule has 3 aromatic rings. The van der Waals surface area contributed by atoms with E-state index >= 15 is 0 Å². The molecule has 0 radical (unpaired) electrons. The summed E-state index contributed by atoms with van der Waals surface area (Å²) in [6.07, 6.45) is 2.26. The number of halogens is 3. The van der Waals surface area contributed by atoms with Crippen molar-refractivity contribution in [3.8, 4) is 5.75 Å². The van der Waals surface area contributed by atoms with Crippen molar-refractivity contribution in [2.45, 2.75) is 26.2 Å². The van der Waals surface area contributed by atoms with Crippen LogP contribution in [0.1, 0.15) is 37.6 Å². The minimum Gasteiger partial charge on any atom is -0.479 e. The normalized spacial score (nSPS) is 12.3. The van der Waals surface area contributed by atoms with E-state index in [1.807, 2.05) is 19.9 Å². The third-order valence-corrected chi connectivity index (χ3v) is 5.85. The van der Waals surface area contributed by atoms with Gasteiger partial charge in [-0.05, 0) is 42.3 Å². The van der Waals surface area contributed by atoms with Gasteiger partial charge in [0.05, 0.1) is 34.3 Å². The summed E-state index contributed by atoms with van der Waals surface area (Å²) < 4.78 is 11.9. The molecule has 0 saturated carbocycles. The Bertz CT molecular complexity index is 1240. The Balaban J connectivity index is 2.03. The second kappa shape index (κ2) is 10.5. The fraction of sp³-hybridized carbons (Fsp3) is 0.273. The Morgan fingerprint density at radius 2 is 1.97 bits per heavy atom. The van der Waals surface area contributed by atoms with Crippen LogP contribution in [0.15, 0.2) is 44.7 Å². The molecule has 0 bridgehead atoms. The molecule has 1 aromatic heterocycles. The van der Waals surface area contributed by atoms with Crippen LogP contribution in [0.5, 0.6) is 5.75 Å². The van der Waals surface area contributed by atoms with Crippen LogP contribution in [0.3, 0.4) is 0 Å². The number of hydrogen-bond donors (Lipinski definition) is 0. The summed E-state index contributed by atoms with van der Waals surface area (Å²) in [7, 11) is 1.25. The minimum atomic E-state index is -0.560. The molecule has 0 spiro atoms. The highest BCUT2D eigenvalue weighted by atomic mass is 79.9. The maximum Gasteiger partial charge on any atom is 0.343 e. The van der Waals surface area contributed by atoms with Gasteiger partial charge in [0.15, 0.2) is 12.4 Å². The molecule has 0 fully saturated rings. The molecule has 32 heavy (non-hydrogen) atoms. The fourth-order valence-electron chi connectivity index (χ4n) is 2.89. The average Bonchev–Trinajstić information content (AvgIpc) is 2.77. The third kappa shape index (κ3) is 5.31. The van der Waals surface area contributed by atoms with Crippen LogP contribution < -0.4 is 10.3 Å². The van der Waals surface area contributed by atoms with E-state index in [0.29, 0.717) is 22.3 Å². The molecule has 0 amide bonds. The van der Waals surface area contributed by atoms with Crippen LogP contribution in [0.25, 0.3) is 10.9 Å². The molecule has 7 nitrogen and oxygen atoms in total. The van der Waals surface area contributed by atoms with Gasteiger partial charge in [0.1, 0.15) is 5.82 Å². The number of nitrogens with zero attached hydrogens (tertiary/aromatic N) is 3. The predicted octanol–water partition coefficient (Wildman–Crippen LogP) is 5.41. The number of esters is 1. The van der Waals surface area contributed by atoms with Gasteiger partial charge in [-0.1, -0.05) is 53.0 Å². The van der Waals surface area contributed by atoms with Crippen molar-refractivity contribution in [3.63, 3.8) is 0 Å². The summed E-state index contributed by atoms with van der Waals surface area (Å²) >= 11 is 15.9. The molecule has 0 saturated heterocycles. The van der Waals surface area contributed by atoms with Gasteiger partial charge < -0.3 is 9.47 Å². The van der Waals surface area contributed by atoms with Gasteiger partial charge in [0.25, 0.3) is 5.56 Å². The SMILES string of the molecule is CC[C@@H](C)c1nc2ccc(Br)cc2c(=O)n1N=Cc1cc(Cl)c(OCC(=O)OC)c(Cl)c1. The summed E-state index contributed by atoms with van der Waals surface area (Å²) in [5.74, 6) is 0.161. The van der Waals surface area contributed by atoms with Crippen LogP contribution in [0, 0.1) is 0 Å². The zero-order valence-corrected chi connectivity index (χ0v) is 20.7. The maximum atomic E-state index is 13.2. The topological polar surface area (TPSA) is 82.8 Å². The standard InChI is InChI=1S/C22H20BrCl2N3O4/c1-4-12(2)21-27-18-6-5-14(23)9-15(18)22(30)28(21)26-10-13-7-16(24)20(17(25)8-13)32-11-19(29)31-3/h5-10,12H,4,11H2,1-3H3/t12-/m1/s1. The third-order valence-electron chi connectivity index (χ3n) is 4.79. The number of aromatic nitrogens is 2. The molecule has 3 rings (SSSR count). The van der Waals surface area contributed by atoms with Gasteiger partial charge in [-0.2, -0.15) is 9.78 Å². The van der Waals surface area contributed by atoms with E-state index in [1.165, 1.54) is 18.0 Å². The van der Waals surface area contributed by atoms with E-state index in [9.17, 15) is 9.59 Å². The van der Waals surface area contributed by atoms with Crippen LogP contribution in [0.2, 0.25) is 10.0 Å². The summed E-state index contributed by atoms with van der Waals surface area (Å²) in [5, 5.41) is 5.23. The van der Waals surface area contributed by atoms with Crippen LogP contribution in [-0.2, 0) is 9.53 Å². The van der Waals surface area contributed by atoms with Crippen molar-refractivity contribution >= 4 is 62.2 Å². The summed E-state index contributed by atoms with van der Waals surface area (Å²) in [6, 6.07) is 8.51. The van der Waals surface area contributed by atoms with Gasteiger partial charge in [-0.25, -0.2) is 9.78 Å². The first kappa shape index (κ1) is 24.2. The molecule has 1 atom stereocenters. The highest BCUT2D eigenvalue weighted by molar-refractivity contribution is 9.10. The molecule has 1 heterocycles. The zero-order chi connectivity index (χ0) is 23.4. The lowest BCUT2D eigenvalue weighted by Gasteiger charge is -2.14. The van der Waals surface area contributed by atoms with E-state index in [2.05, 4.69) is 30.8 Å². The summed E-state index contributed by atoms with van der Waals surface area (Å²) in [5.41, 5.74) is 0.873. The zero-order valence-electron chi connectivity index (χ0n) is 17.6. The average molecular weight is 541 g/mol. The van der Waals surface area contributed by atoms with E-state index < -0.39 is 5.97 Å². The lowest BCUT2D eigenvalue weighted by molar-refractivity contribution is -0.142. The first-order chi connectivity index (χ1) is 15.2. The molecule has 0 N–H and O–H groups in total. The van der Waals surface area contributed by atoms with Crippen LogP contribution in [-0.4, -0.2) is 35.6 Å². The van der Waals surface area contributed by atoms with E-state index in [0.717, 1.165) is 10.9 Å². The second-order valence-corrected chi connectivity index (χ2v) is 8.71. The van der Waals surface area contributed by atoms with Crippen molar-refractivity contribution in [1.29, 1.82) is 0 Å². The number of rotatable bonds is 7. The highest BCUT2D eigenvalue weighted by Crippen LogP contribution is 2.34. The maximum absolute atomic E-state index is 13.2. The highest BCUT2D eigenvalue weighted by Gasteiger charge is 2.16. The number of ether oxygens (including phenoxy) is 2. The molecule has 0 unspecified atom stereocenters. The predicted molar refractivity (Wildman–Crippen MR) is 129 cm³/mol. The largest absolute Gasteiger partial charge is 0.479 e. The van der Waals surface area contributed by atoms with Crippen LogP contribution >= 0.6 is 39.1 Å². The number of carbonyl (C=O) groups is 1. The van der Waals surface area contributed by atoms with Gasteiger partial charge in [-0.3, -0.25) is 4.79 Å². The number of carbonyl (C=O) groups excluding carboxylic acids is 1. The Morgan fingerprint density at radius 1 is 1.28 bits per heavy atom. The van der Waals surface area contributed by atoms with Crippen molar-refractivity contribution in [1.82, 2.24) is 9.66 Å². The molecular formula is C22H20BrCl2N3O4. The first-order valence-corrected chi connectivity index (χ1v) is 11.2. The fourth-order valence-corrected chi connectivity index (χ4v) is 3.86. The molecule has 0 aliphatic carbocycles. The van der Waals surface area contributed by atoms with Crippen molar-refractivity contribution in [3.05, 3.63) is 66.6 Å². The molecular weight excluding hydrogens is 521 g/mol. The monoisotopic (exact) mass is 539 g/mol. The number of methoxy groups -OCH3 is 1. The Morgan fingerprint density at radius 3 is 2.59 bits per heavy atom. The van der Waals surface area contributed by atoms with E-state index in [-0.39, 0.29) is 33.9 Å². The smallest absolute Gasteiger partial charge is 0.343 e. The quantitative estimate of drug-likeness (QED) is 0.295. The van der Waals surface area contributed by atoms with Gasteiger partial charge in [0, 0.05) is 10.4 Å². The summed E-state index contributed by atoms with van der Waals surface area (Å²) in [4.78, 5) is 29.1. The number of benzene rings is 2. The lowest BCUT2D eigenvalue weighted by Crippen LogP contribution is -2.23. The van der Waals surface area contributed by atoms with Crippen molar-refractivity contribution in [2.24, 2.45) is 5.10 Å².